The zero-order chi connectivity index (χ0) is 18.1. The maximum Gasteiger partial charge on any atom is 0.190 e. The lowest BCUT2D eigenvalue weighted by atomic mass is 9.94. The summed E-state index contributed by atoms with van der Waals surface area (Å²) in [6, 6.07) is 0. The first-order valence-corrected chi connectivity index (χ1v) is 10.9. The summed E-state index contributed by atoms with van der Waals surface area (Å²) < 4.78 is 2.51. The molecule has 1 N–H and O–H groups in total. The predicted octanol–water partition coefficient (Wildman–Crippen LogP) is 7.42. The Balaban J connectivity index is 4.40. The topological polar surface area (TPSA) is 29.5 Å². The van der Waals surface area contributed by atoms with E-state index in [0.29, 0.717) is 38.5 Å². The molecule has 0 rings (SSSR count). The van der Waals surface area contributed by atoms with Crippen LogP contribution in [0.25, 0.3) is 0 Å². The van der Waals surface area contributed by atoms with Crippen molar-refractivity contribution >= 4 is 102 Å². The zero-order valence-electron chi connectivity index (χ0n) is 12.1. The molecule has 0 amide bonds. The van der Waals surface area contributed by atoms with E-state index in [1.54, 1.807) is 0 Å². The lowest BCUT2D eigenvalue weighted by Gasteiger charge is -2.27. The van der Waals surface area contributed by atoms with Gasteiger partial charge in [0.15, 0.2) is 16.6 Å². The van der Waals surface area contributed by atoms with Gasteiger partial charge < -0.3 is 9.42 Å². The molecule has 3 unspecified atom stereocenters. The Labute approximate surface area is 179 Å². The highest BCUT2D eigenvalue weighted by atomic mass is 35.6. The van der Waals surface area contributed by atoms with Crippen molar-refractivity contribution in [2.45, 2.75) is 56.9 Å². The molecule has 0 aliphatic heterocycles. The van der Waals surface area contributed by atoms with Gasteiger partial charge >= 0.3 is 0 Å². The highest BCUT2D eigenvalue weighted by molar-refractivity contribution is 7.24. The third-order valence-electron chi connectivity index (χ3n) is 3.15. The van der Waals surface area contributed by atoms with Crippen LogP contribution in [0, 0.1) is 5.92 Å². The summed E-state index contributed by atoms with van der Waals surface area (Å²) >= 11 is 47.2. The third kappa shape index (κ3) is 15.4. The minimum Gasteiger partial charge on any atom is -0.352 e. The number of halogens is 8. The van der Waals surface area contributed by atoms with Crippen LogP contribution in [0.1, 0.15) is 38.5 Å². The molecule has 3 atom stereocenters. The quantitative estimate of drug-likeness (QED) is 0.232. The van der Waals surface area contributed by atoms with Crippen LogP contribution >= 0.6 is 102 Å². The van der Waals surface area contributed by atoms with E-state index in [-0.39, 0.29) is 23.3 Å². The van der Waals surface area contributed by atoms with Gasteiger partial charge in [-0.25, -0.2) is 0 Å². The molecule has 0 bridgehead atoms. The molecule has 140 valence electrons. The van der Waals surface area contributed by atoms with Crippen molar-refractivity contribution in [3.63, 3.8) is 0 Å². The summed E-state index contributed by atoms with van der Waals surface area (Å²) in [5.41, 5.74) is 0. The molecule has 0 heterocycles. The molecule has 0 saturated carbocycles. The zero-order valence-corrected chi connectivity index (χ0v) is 19.1. The maximum atomic E-state index is 8.86. The summed E-state index contributed by atoms with van der Waals surface area (Å²) in [5.74, 6) is -0.163. The Morgan fingerprint density at radius 2 is 1.22 bits per heavy atom. The lowest BCUT2D eigenvalue weighted by Crippen LogP contribution is -2.29. The van der Waals surface area contributed by atoms with Gasteiger partial charge in [0.05, 0.1) is 6.61 Å². The fraction of sp³-hybridized carbons (Fsp3) is 1.00. The normalized spacial score (nSPS) is 17.6. The second-order valence-electron chi connectivity index (χ2n) is 5.11. The molecule has 23 heavy (non-hydrogen) atoms. The first kappa shape index (κ1) is 25.7. The number of rotatable bonds is 11. The highest BCUT2D eigenvalue weighted by Gasteiger charge is 2.29. The van der Waals surface area contributed by atoms with E-state index in [1.165, 1.54) is 0 Å². The molecule has 2 nitrogen and oxygen atoms in total. The number of hydrogen-bond donors (Lipinski definition) is 1. The van der Waals surface area contributed by atoms with E-state index in [0.717, 1.165) is 0 Å². The maximum absolute atomic E-state index is 8.86. The molecule has 0 saturated heterocycles. The number of alkyl halides is 8. The van der Waals surface area contributed by atoms with Crippen LogP contribution in [0.2, 0.25) is 0 Å². The van der Waals surface area contributed by atoms with E-state index in [1.807, 2.05) is 0 Å². The van der Waals surface area contributed by atoms with Crippen molar-refractivity contribution < 1.29 is 9.42 Å². The molecular formula is C12H19Cl8O2P. The first-order chi connectivity index (χ1) is 10.5. The van der Waals surface area contributed by atoms with Gasteiger partial charge in [0, 0.05) is 16.7 Å². The second kappa shape index (κ2) is 12.9. The van der Waals surface area contributed by atoms with Crippen molar-refractivity contribution in [2.24, 2.45) is 5.92 Å². The van der Waals surface area contributed by atoms with Crippen LogP contribution in [0.15, 0.2) is 0 Å². The van der Waals surface area contributed by atoms with Gasteiger partial charge in [-0.05, 0) is 38.5 Å². The standard InChI is InChI=1S/C12H19Cl8O2P/c13-9(3-1-5-11(15,16)17)8(7-22-23-21)10(14)4-2-6-12(18,19)20/h8-10,21,23H,1-7H2. The monoisotopic (exact) mass is 506 g/mol. The molecule has 0 aromatic rings. The average Bonchev–Trinajstić information content (AvgIpc) is 2.36. The van der Waals surface area contributed by atoms with Gasteiger partial charge in [0.2, 0.25) is 0 Å². The predicted molar refractivity (Wildman–Crippen MR) is 108 cm³/mol. The van der Waals surface area contributed by atoms with E-state index in [4.69, 9.17) is 102 Å². The summed E-state index contributed by atoms with van der Waals surface area (Å²) in [7, 11) is -0.621. The van der Waals surface area contributed by atoms with Gasteiger partial charge in [-0.2, -0.15) is 0 Å². The van der Waals surface area contributed by atoms with E-state index in [2.05, 4.69) is 0 Å². The molecule has 11 heteroatoms. The Morgan fingerprint density at radius 3 is 1.52 bits per heavy atom. The summed E-state index contributed by atoms with van der Waals surface area (Å²) in [6.07, 6.45) is 3.31. The van der Waals surface area contributed by atoms with E-state index < -0.39 is 16.6 Å². The van der Waals surface area contributed by atoms with E-state index >= 15 is 0 Å². The van der Waals surface area contributed by atoms with Gasteiger partial charge in [0.25, 0.3) is 0 Å². The Morgan fingerprint density at radius 1 is 0.826 bits per heavy atom. The van der Waals surface area contributed by atoms with Crippen LogP contribution in [0.4, 0.5) is 0 Å². The molecule has 0 aliphatic carbocycles. The highest BCUT2D eigenvalue weighted by Crippen LogP contribution is 2.36. The average molecular weight is 510 g/mol. The van der Waals surface area contributed by atoms with E-state index in [9.17, 15) is 0 Å². The molecule has 0 aromatic heterocycles. The SMILES string of the molecule is OPOCC(C(Cl)CCCC(Cl)(Cl)Cl)C(Cl)CCCC(Cl)(Cl)Cl. The van der Waals surface area contributed by atoms with Crippen molar-refractivity contribution in [2.75, 3.05) is 6.61 Å². The van der Waals surface area contributed by atoms with Crippen LogP contribution in [0.3, 0.4) is 0 Å². The fourth-order valence-corrected chi connectivity index (χ4v) is 3.94. The Kier molecular flexibility index (Phi) is 14.5. The Hall–Kier alpha value is 2.67. The number of hydrogen-bond acceptors (Lipinski definition) is 2. The van der Waals surface area contributed by atoms with Gasteiger partial charge in [-0.15, -0.1) is 23.2 Å². The molecule has 0 aromatic carbocycles. The molecule has 0 spiro atoms. The van der Waals surface area contributed by atoms with Gasteiger partial charge in [0.1, 0.15) is 0 Å². The molecular weight excluding hydrogens is 491 g/mol. The summed E-state index contributed by atoms with van der Waals surface area (Å²) in [5, 5.41) is -0.539. The van der Waals surface area contributed by atoms with Crippen molar-refractivity contribution in [3.8, 4) is 0 Å². The van der Waals surface area contributed by atoms with Crippen LogP contribution < -0.4 is 0 Å². The van der Waals surface area contributed by atoms with Crippen LogP contribution in [-0.2, 0) is 4.52 Å². The minimum absolute atomic E-state index is 0.163. The molecule has 0 radical (unpaired) electrons. The molecule has 0 fully saturated rings. The third-order valence-corrected chi connectivity index (χ3v) is 5.66. The van der Waals surface area contributed by atoms with Crippen molar-refractivity contribution in [3.05, 3.63) is 0 Å². The van der Waals surface area contributed by atoms with Crippen LogP contribution in [-0.4, -0.2) is 29.8 Å². The lowest BCUT2D eigenvalue weighted by molar-refractivity contribution is 0.238. The second-order valence-corrected chi connectivity index (χ2v) is 11.7. The Bertz CT molecular complexity index is 284. The first-order valence-electron chi connectivity index (χ1n) is 6.89. The van der Waals surface area contributed by atoms with Gasteiger partial charge in [-0.3, -0.25) is 0 Å². The summed E-state index contributed by atoms with van der Waals surface area (Å²) in [4.78, 5) is 8.86. The summed E-state index contributed by atoms with van der Waals surface area (Å²) in [6.45, 7) is 0.249. The smallest absolute Gasteiger partial charge is 0.190 e. The van der Waals surface area contributed by atoms with Crippen molar-refractivity contribution in [1.82, 2.24) is 0 Å². The van der Waals surface area contributed by atoms with Gasteiger partial charge in [-0.1, -0.05) is 69.6 Å². The fourth-order valence-electron chi connectivity index (χ4n) is 1.99. The van der Waals surface area contributed by atoms with Crippen molar-refractivity contribution in [1.29, 1.82) is 0 Å². The van der Waals surface area contributed by atoms with Crippen LogP contribution in [0.5, 0.6) is 0 Å². The minimum atomic E-state index is -1.29. The largest absolute Gasteiger partial charge is 0.352 e. The molecule has 0 aliphatic rings.